The summed E-state index contributed by atoms with van der Waals surface area (Å²) in [6.45, 7) is 9.65. The van der Waals surface area contributed by atoms with E-state index in [1.807, 2.05) is 93.6 Å². The quantitative estimate of drug-likeness (QED) is 0.200. The van der Waals surface area contributed by atoms with Crippen LogP contribution < -0.4 is 0 Å². The molecular formula is C34H36N2O4. The van der Waals surface area contributed by atoms with Crippen molar-refractivity contribution in [3.8, 4) is 22.5 Å². The zero-order chi connectivity index (χ0) is 29.1. The first-order chi connectivity index (χ1) is 19.3. The Morgan fingerprint density at radius 3 is 1.62 bits per heavy atom. The Balaban J connectivity index is 0.000000220. The number of benzene rings is 2. The molecule has 0 saturated carbocycles. The standard InChI is InChI=1S/C17H19NO2.C17H17NO2/c2*1-3-6-14(17(19)20)13-9-8-12(2)15(11-13)16-7-4-5-10-18-16/h4-5,7-11,14H,3,6H2,1-2H3,(H,19,20);3-5,7-11,14H,1,6H2,2H3,(H,19,20). The molecular weight excluding hydrogens is 500 g/mol. The number of rotatable bonds is 10. The number of carbonyl (C=O) groups is 2. The summed E-state index contributed by atoms with van der Waals surface area (Å²) >= 11 is 0. The van der Waals surface area contributed by atoms with E-state index in [0.29, 0.717) is 12.8 Å². The van der Waals surface area contributed by atoms with Crippen LogP contribution in [0.4, 0.5) is 0 Å². The molecule has 40 heavy (non-hydrogen) atoms. The van der Waals surface area contributed by atoms with Gasteiger partial charge in [0, 0.05) is 23.5 Å². The topological polar surface area (TPSA) is 100 Å². The Bertz CT molecular complexity index is 1440. The number of carboxylic acid groups (broad SMARTS) is 2. The second-order valence-corrected chi connectivity index (χ2v) is 9.67. The van der Waals surface area contributed by atoms with Crippen LogP contribution in [0.3, 0.4) is 0 Å². The first-order valence-electron chi connectivity index (χ1n) is 13.4. The Morgan fingerprint density at radius 1 is 0.775 bits per heavy atom. The first kappa shape index (κ1) is 30.0. The Morgan fingerprint density at radius 2 is 1.25 bits per heavy atom. The van der Waals surface area contributed by atoms with Gasteiger partial charge in [-0.25, -0.2) is 0 Å². The summed E-state index contributed by atoms with van der Waals surface area (Å²) in [5, 5.41) is 18.7. The van der Waals surface area contributed by atoms with Gasteiger partial charge in [-0.05, 0) is 85.3 Å². The van der Waals surface area contributed by atoms with Gasteiger partial charge in [-0.3, -0.25) is 19.6 Å². The molecule has 0 amide bonds. The fraction of sp³-hybridized carbons (Fsp3) is 0.235. The third kappa shape index (κ3) is 7.73. The van der Waals surface area contributed by atoms with Gasteiger partial charge in [0.25, 0.3) is 0 Å². The van der Waals surface area contributed by atoms with Gasteiger partial charge >= 0.3 is 11.9 Å². The first-order valence-corrected chi connectivity index (χ1v) is 13.4. The largest absolute Gasteiger partial charge is 0.481 e. The van der Waals surface area contributed by atoms with E-state index in [4.69, 9.17) is 0 Å². The second kappa shape index (κ2) is 14.5. The molecule has 0 aliphatic carbocycles. The molecule has 2 N–H and O–H groups in total. The maximum absolute atomic E-state index is 11.4. The number of aliphatic carboxylic acids is 2. The molecule has 6 heteroatoms. The molecule has 2 heterocycles. The number of nitrogens with zero attached hydrogens (tertiary/aromatic N) is 2. The lowest BCUT2D eigenvalue weighted by atomic mass is 9.91. The Kier molecular flexibility index (Phi) is 10.9. The van der Waals surface area contributed by atoms with Crippen molar-refractivity contribution in [3.05, 3.63) is 120 Å². The molecule has 6 nitrogen and oxygen atoms in total. The van der Waals surface area contributed by atoms with Crippen molar-refractivity contribution >= 4 is 11.9 Å². The lowest BCUT2D eigenvalue weighted by Gasteiger charge is -2.14. The Labute approximate surface area is 236 Å². The predicted octanol–water partition coefficient (Wildman–Crippen LogP) is 7.83. The van der Waals surface area contributed by atoms with Gasteiger partial charge in [0.15, 0.2) is 0 Å². The highest BCUT2D eigenvalue weighted by Crippen LogP contribution is 2.30. The van der Waals surface area contributed by atoms with E-state index in [9.17, 15) is 19.8 Å². The van der Waals surface area contributed by atoms with Crippen LogP contribution >= 0.6 is 0 Å². The number of carboxylic acids is 2. The van der Waals surface area contributed by atoms with Crippen LogP contribution in [0.25, 0.3) is 22.5 Å². The number of aromatic nitrogens is 2. The number of aryl methyl sites for hydroxylation is 2. The van der Waals surface area contributed by atoms with Gasteiger partial charge in [0.05, 0.1) is 23.2 Å². The maximum Gasteiger partial charge on any atom is 0.311 e. The van der Waals surface area contributed by atoms with Crippen molar-refractivity contribution in [1.29, 1.82) is 0 Å². The van der Waals surface area contributed by atoms with E-state index in [-0.39, 0.29) is 0 Å². The molecule has 0 saturated heterocycles. The zero-order valence-electron chi connectivity index (χ0n) is 23.2. The number of hydrogen-bond acceptors (Lipinski definition) is 4. The van der Waals surface area contributed by atoms with Crippen molar-refractivity contribution in [2.24, 2.45) is 0 Å². The monoisotopic (exact) mass is 536 g/mol. The zero-order valence-corrected chi connectivity index (χ0v) is 23.2. The average Bonchev–Trinajstić information content (AvgIpc) is 2.96. The van der Waals surface area contributed by atoms with Gasteiger partial charge in [0.2, 0.25) is 0 Å². The van der Waals surface area contributed by atoms with Gasteiger partial charge in [-0.2, -0.15) is 0 Å². The summed E-state index contributed by atoms with van der Waals surface area (Å²) in [7, 11) is 0. The smallest absolute Gasteiger partial charge is 0.311 e. The lowest BCUT2D eigenvalue weighted by Crippen LogP contribution is -2.11. The summed E-state index contributed by atoms with van der Waals surface area (Å²) in [6.07, 6.45) is 7.05. The molecule has 0 radical (unpaired) electrons. The third-order valence-electron chi connectivity index (χ3n) is 6.79. The van der Waals surface area contributed by atoms with Crippen molar-refractivity contribution in [3.63, 3.8) is 0 Å². The number of allylic oxidation sites excluding steroid dienone is 1. The van der Waals surface area contributed by atoms with E-state index in [1.165, 1.54) is 0 Å². The van der Waals surface area contributed by atoms with Crippen LogP contribution in [0.2, 0.25) is 0 Å². The minimum absolute atomic E-state index is 0.417. The summed E-state index contributed by atoms with van der Waals surface area (Å²) in [6, 6.07) is 23.1. The average molecular weight is 537 g/mol. The van der Waals surface area contributed by atoms with Gasteiger partial charge in [-0.1, -0.05) is 55.8 Å². The van der Waals surface area contributed by atoms with Crippen LogP contribution in [0.5, 0.6) is 0 Å². The minimum Gasteiger partial charge on any atom is -0.481 e. The van der Waals surface area contributed by atoms with Crippen molar-refractivity contribution in [2.75, 3.05) is 0 Å². The highest BCUT2D eigenvalue weighted by Gasteiger charge is 2.20. The summed E-state index contributed by atoms with van der Waals surface area (Å²) in [5.74, 6) is -2.60. The fourth-order valence-corrected chi connectivity index (χ4v) is 4.58. The SMILES string of the molecule is C=CCC(C(=O)O)c1ccc(C)c(-c2ccccn2)c1.CCCC(C(=O)O)c1ccc(C)c(-c2ccccn2)c1. The van der Waals surface area contributed by atoms with E-state index in [2.05, 4.69) is 16.5 Å². The molecule has 2 aromatic carbocycles. The van der Waals surface area contributed by atoms with Crippen molar-refractivity contribution in [1.82, 2.24) is 9.97 Å². The molecule has 206 valence electrons. The van der Waals surface area contributed by atoms with Gasteiger partial charge < -0.3 is 10.2 Å². The highest BCUT2D eigenvalue weighted by atomic mass is 16.4. The highest BCUT2D eigenvalue weighted by molar-refractivity contribution is 5.78. The minimum atomic E-state index is -0.833. The second-order valence-electron chi connectivity index (χ2n) is 9.67. The van der Waals surface area contributed by atoms with Crippen LogP contribution in [-0.4, -0.2) is 32.1 Å². The number of pyridine rings is 2. The number of hydrogen-bond donors (Lipinski definition) is 2. The fourth-order valence-electron chi connectivity index (χ4n) is 4.58. The van der Waals surface area contributed by atoms with Gasteiger partial charge in [-0.15, -0.1) is 6.58 Å². The maximum atomic E-state index is 11.4. The van der Waals surface area contributed by atoms with Crippen molar-refractivity contribution < 1.29 is 19.8 Å². The molecule has 2 aromatic heterocycles. The molecule has 2 unspecified atom stereocenters. The summed E-state index contributed by atoms with van der Waals surface area (Å²) < 4.78 is 0. The molecule has 0 aliphatic rings. The molecule has 4 aromatic rings. The van der Waals surface area contributed by atoms with E-state index in [1.54, 1.807) is 18.5 Å². The molecule has 0 aliphatic heterocycles. The lowest BCUT2D eigenvalue weighted by molar-refractivity contribution is -0.139. The summed E-state index contributed by atoms with van der Waals surface area (Å²) in [5.41, 5.74) is 7.53. The van der Waals surface area contributed by atoms with E-state index >= 15 is 0 Å². The van der Waals surface area contributed by atoms with Crippen LogP contribution in [0.15, 0.2) is 97.8 Å². The summed E-state index contributed by atoms with van der Waals surface area (Å²) in [4.78, 5) is 31.5. The van der Waals surface area contributed by atoms with Gasteiger partial charge in [0.1, 0.15) is 0 Å². The predicted molar refractivity (Wildman–Crippen MR) is 159 cm³/mol. The van der Waals surface area contributed by atoms with Crippen LogP contribution in [-0.2, 0) is 9.59 Å². The molecule has 2 atom stereocenters. The molecule has 0 fully saturated rings. The van der Waals surface area contributed by atoms with Crippen LogP contribution in [0.1, 0.15) is 60.3 Å². The Hall–Kier alpha value is -4.58. The molecule has 4 rings (SSSR count). The molecule has 0 spiro atoms. The van der Waals surface area contributed by atoms with E-state index < -0.39 is 23.8 Å². The third-order valence-corrected chi connectivity index (χ3v) is 6.79. The van der Waals surface area contributed by atoms with Crippen LogP contribution in [0, 0.1) is 13.8 Å². The van der Waals surface area contributed by atoms with Crippen molar-refractivity contribution in [2.45, 2.75) is 51.9 Å². The van der Waals surface area contributed by atoms with E-state index in [0.717, 1.165) is 51.2 Å². The normalized spacial score (nSPS) is 12.0. The molecule has 0 bridgehead atoms.